The van der Waals surface area contributed by atoms with Gasteiger partial charge in [-0.2, -0.15) is 0 Å². The van der Waals surface area contributed by atoms with Gasteiger partial charge in [0.1, 0.15) is 6.10 Å². The van der Waals surface area contributed by atoms with Crippen molar-refractivity contribution in [3.05, 3.63) is 21.9 Å². The molecule has 0 aliphatic heterocycles. The summed E-state index contributed by atoms with van der Waals surface area (Å²) in [6.45, 7) is 8.58. The van der Waals surface area contributed by atoms with Crippen LogP contribution < -0.4 is 5.73 Å². The minimum atomic E-state index is 0.0570. The van der Waals surface area contributed by atoms with E-state index in [9.17, 15) is 0 Å². The van der Waals surface area contributed by atoms with Gasteiger partial charge in [-0.1, -0.05) is 20.3 Å². The molecule has 98 valence electrons. The van der Waals surface area contributed by atoms with Crippen LogP contribution in [0.5, 0.6) is 0 Å². The van der Waals surface area contributed by atoms with Crippen LogP contribution >= 0.6 is 11.3 Å². The molecule has 1 aromatic rings. The number of ether oxygens (including phenoxy) is 1. The van der Waals surface area contributed by atoms with Gasteiger partial charge in [-0.05, 0) is 43.7 Å². The zero-order valence-corrected chi connectivity index (χ0v) is 12.2. The molecule has 1 heterocycles. The first-order chi connectivity index (χ1) is 8.10. The molecule has 17 heavy (non-hydrogen) atoms. The van der Waals surface area contributed by atoms with E-state index in [0.29, 0.717) is 0 Å². The molecule has 0 aliphatic rings. The Morgan fingerprint density at radius 1 is 1.41 bits per heavy atom. The summed E-state index contributed by atoms with van der Waals surface area (Å²) < 4.78 is 6.15. The Morgan fingerprint density at radius 3 is 2.59 bits per heavy atom. The molecule has 3 unspecified atom stereocenters. The summed E-state index contributed by atoms with van der Waals surface area (Å²) >= 11 is 1.76. The molecule has 0 bridgehead atoms. The topological polar surface area (TPSA) is 35.2 Å². The Kier molecular flexibility index (Phi) is 6.17. The lowest BCUT2D eigenvalue weighted by atomic mass is 10.0. The molecular weight excluding hydrogens is 230 g/mol. The lowest BCUT2D eigenvalue weighted by Crippen LogP contribution is -2.31. The standard InChI is InChI=1S/C14H25NOS/c1-5-7-11(4)16-13(12(15)6-2)14-10(3)8-9-17-14/h8-9,11-13H,5-7,15H2,1-4H3. The maximum Gasteiger partial charge on any atom is 0.107 e. The molecule has 2 N–H and O–H groups in total. The van der Waals surface area contributed by atoms with Crippen molar-refractivity contribution in [2.45, 2.75) is 65.2 Å². The minimum absolute atomic E-state index is 0.0570. The first-order valence-corrected chi connectivity index (χ1v) is 7.43. The van der Waals surface area contributed by atoms with E-state index in [4.69, 9.17) is 10.5 Å². The van der Waals surface area contributed by atoms with E-state index in [2.05, 4.69) is 39.1 Å². The molecule has 0 spiro atoms. The van der Waals surface area contributed by atoms with Crippen molar-refractivity contribution in [1.82, 2.24) is 0 Å². The fraction of sp³-hybridized carbons (Fsp3) is 0.714. The van der Waals surface area contributed by atoms with Crippen LogP contribution in [0.2, 0.25) is 0 Å². The monoisotopic (exact) mass is 255 g/mol. The molecule has 1 rings (SSSR count). The molecule has 0 fully saturated rings. The normalized spacial score (nSPS) is 16.8. The van der Waals surface area contributed by atoms with Crippen LogP contribution in [0, 0.1) is 6.92 Å². The van der Waals surface area contributed by atoms with Crippen molar-refractivity contribution in [1.29, 1.82) is 0 Å². The van der Waals surface area contributed by atoms with Crippen molar-refractivity contribution < 1.29 is 4.74 Å². The average Bonchev–Trinajstić information content (AvgIpc) is 2.71. The number of thiophene rings is 1. The highest BCUT2D eigenvalue weighted by Crippen LogP contribution is 2.31. The van der Waals surface area contributed by atoms with Gasteiger partial charge in [0.2, 0.25) is 0 Å². The van der Waals surface area contributed by atoms with Gasteiger partial charge in [-0.3, -0.25) is 0 Å². The van der Waals surface area contributed by atoms with E-state index in [1.165, 1.54) is 10.4 Å². The maximum absolute atomic E-state index is 6.20. The van der Waals surface area contributed by atoms with E-state index in [1.807, 2.05) is 0 Å². The fourth-order valence-electron chi connectivity index (χ4n) is 1.97. The predicted molar refractivity (Wildman–Crippen MR) is 75.5 cm³/mol. The first-order valence-electron chi connectivity index (χ1n) is 6.55. The van der Waals surface area contributed by atoms with Crippen molar-refractivity contribution in [3.8, 4) is 0 Å². The third-order valence-corrected chi connectivity index (χ3v) is 4.17. The summed E-state index contributed by atoms with van der Waals surface area (Å²) in [5.41, 5.74) is 7.50. The molecule has 0 saturated carbocycles. The van der Waals surface area contributed by atoms with Gasteiger partial charge in [0.05, 0.1) is 6.10 Å². The summed E-state index contributed by atoms with van der Waals surface area (Å²) in [6, 6.07) is 2.23. The van der Waals surface area contributed by atoms with Crippen LogP contribution in [0.15, 0.2) is 11.4 Å². The van der Waals surface area contributed by atoms with Crippen LogP contribution in [0.1, 0.15) is 56.6 Å². The number of hydrogen-bond acceptors (Lipinski definition) is 3. The Balaban J connectivity index is 2.78. The largest absolute Gasteiger partial charge is 0.368 e. The highest BCUT2D eigenvalue weighted by molar-refractivity contribution is 7.10. The summed E-state index contributed by atoms with van der Waals surface area (Å²) in [5, 5.41) is 2.12. The molecule has 3 heteroatoms. The van der Waals surface area contributed by atoms with Crippen LogP contribution in [-0.4, -0.2) is 12.1 Å². The third-order valence-electron chi connectivity index (χ3n) is 3.09. The Hall–Kier alpha value is -0.380. The molecule has 0 aliphatic carbocycles. The van der Waals surface area contributed by atoms with Crippen LogP contribution in [0.4, 0.5) is 0 Å². The molecule has 0 radical (unpaired) electrons. The van der Waals surface area contributed by atoms with E-state index < -0.39 is 0 Å². The number of hydrogen-bond donors (Lipinski definition) is 1. The van der Waals surface area contributed by atoms with Gasteiger partial charge >= 0.3 is 0 Å². The van der Waals surface area contributed by atoms with Crippen LogP contribution in [0.3, 0.4) is 0 Å². The smallest absolute Gasteiger partial charge is 0.107 e. The SMILES string of the molecule is CCCC(C)OC(c1sccc1C)C(N)CC. The van der Waals surface area contributed by atoms with Gasteiger partial charge < -0.3 is 10.5 Å². The molecule has 1 aromatic heterocycles. The highest BCUT2D eigenvalue weighted by Gasteiger charge is 2.24. The zero-order valence-electron chi connectivity index (χ0n) is 11.4. The van der Waals surface area contributed by atoms with Gasteiger partial charge in [0.25, 0.3) is 0 Å². The molecule has 3 atom stereocenters. The van der Waals surface area contributed by atoms with E-state index in [-0.39, 0.29) is 18.2 Å². The van der Waals surface area contributed by atoms with Gasteiger partial charge in [0.15, 0.2) is 0 Å². The van der Waals surface area contributed by atoms with E-state index in [1.54, 1.807) is 11.3 Å². The van der Waals surface area contributed by atoms with Crippen molar-refractivity contribution in [3.63, 3.8) is 0 Å². The number of aryl methyl sites for hydroxylation is 1. The zero-order chi connectivity index (χ0) is 12.8. The average molecular weight is 255 g/mol. The van der Waals surface area contributed by atoms with E-state index in [0.717, 1.165) is 19.3 Å². The van der Waals surface area contributed by atoms with E-state index >= 15 is 0 Å². The second kappa shape index (κ2) is 7.14. The van der Waals surface area contributed by atoms with Crippen LogP contribution in [-0.2, 0) is 4.74 Å². The van der Waals surface area contributed by atoms with Gasteiger partial charge in [-0.25, -0.2) is 0 Å². The molecule has 2 nitrogen and oxygen atoms in total. The summed E-state index contributed by atoms with van der Waals surface area (Å²) in [5.74, 6) is 0. The Bertz CT molecular complexity index is 324. The predicted octanol–water partition coefficient (Wildman–Crippen LogP) is 4.04. The molecular formula is C14H25NOS. The Morgan fingerprint density at radius 2 is 2.12 bits per heavy atom. The lowest BCUT2D eigenvalue weighted by molar-refractivity contribution is -0.0205. The third kappa shape index (κ3) is 4.09. The Labute approximate surface area is 109 Å². The lowest BCUT2D eigenvalue weighted by Gasteiger charge is -2.26. The first kappa shape index (κ1) is 14.7. The quantitative estimate of drug-likeness (QED) is 0.798. The summed E-state index contributed by atoms with van der Waals surface area (Å²) in [7, 11) is 0. The maximum atomic E-state index is 6.20. The fourth-order valence-corrected chi connectivity index (χ4v) is 3.01. The number of rotatable bonds is 7. The minimum Gasteiger partial charge on any atom is -0.368 e. The molecule has 0 aromatic carbocycles. The summed E-state index contributed by atoms with van der Waals surface area (Å²) in [6.07, 6.45) is 3.53. The number of nitrogens with two attached hydrogens (primary N) is 1. The van der Waals surface area contributed by atoms with Crippen molar-refractivity contribution >= 4 is 11.3 Å². The van der Waals surface area contributed by atoms with Crippen molar-refractivity contribution in [2.75, 3.05) is 0 Å². The van der Waals surface area contributed by atoms with Gasteiger partial charge in [-0.15, -0.1) is 11.3 Å². The summed E-state index contributed by atoms with van der Waals surface area (Å²) in [4.78, 5) is 1.29. The highest BCUT2D eigenvalue weighted by atomic mass is 32.1. The van der Waals surface area contributed by atoms with Crippen LogP contribution in [0.25, 0.3) is 0 Å². The second-order valence-electron chi connectivity index (χ2n) is 4.70. The second-order valence-corrected chi connectivity index (χ2v) is 5.64. The molecule has 0 saturated heterocycles. The van der Waals surface area contributed by atoms with Gasteiger partial charge in [0, 0.05) is 10.9 Å². The van der Waals surface area contributed by atoms with Crippen molar-refractivity contribution in [2.24, 2.45) is 5.73 Å². The molecule has 0 amide bonds.